The summed E-state index contributed by atoms with van der Waals surface area (Å²) < 4.78 is 21.2. The van der Waals surface area contributed by atoms with Crippen LogP contribution < -0.4 is 14.2 Å². The van der Waals surface area contributed by atoms with Crippen LogP contribution in [0.2, 0.25) is 10.0 Å². The monoisotopic (exact) mass is 868 g/mol. The molecular weight excluding hydrogens is 823 g/mol. The van der Waals surface area contributed by atoms with E-state index in [2.05, 4.69) is 0 Å². The predicted octanol–water partition coefficient (Wildman–Crippen LogP) is 9.25. The Morgan fingerprint density at radius 1 is 0.557 bits per heavy atom. The molecule has 0 aliphatic carbocycles. The second kappa shape index (κ2) is 20.5. The maximum Gasteiger partial charge on any atom is 0.326 e. The van der Waals surface area contributed by atoms with Crippen molar-refractivity contribution in [3.8, 4) is 28.4 Å². The fraction of sp³-hybridized carbons (Fsp3) is 0.277. The molecule has 14 heteroatoms. The molecule has 2 amide bonds. The Morgan fingerprint density at radius 3 is 1.59 bits per heavy atom. The highest BCUT2D eigenvalue weighted by molar-refractivity contribution is 6.31. The van der Waals surface area contributed by atoms with Gasteiger partial charge in [0.25, 0.3) is 11.8 Å². The van der Waals surface area contributed by atoms with Crippen molar-refractivity contribution in [2.45, 2.75) is 49.9 Å². The van der Waals surface area contributed by atoms with E-state index in [1.165, 1.54) is 16.9 Å². The first-order valence-corrected chi connectivity index (χ1v) is 20.4. The van der Waals surface area contributed by atoms with Crippen LogP contribution in [0.4, 0.5) is 0 Å². The van der Waals surface area contributed by atoms with Gasteiger partial charge in [0.2, 0.25) is 0 Å². The first-order valence-electron chi connectivity index (χ1n) is 19.6. The molecule has 318 valence electrons. The molecule has 0 unspecified atom stereocenters. The van der Waals surface area contributed by atoms with Gasteiger partial charge < -0.3 is 39.0 Å². The Kier molecular flexibility index (Phi) is 14.9. The third kappa shape index (κ3) is 10.3. The Bertz CT molecular complexity index is 2370. The van der Waals surface area contributed by atoms with Gasteiger partial charge in [0, 0.05) is 34.3 Å². The van der Waals surface area contributed by atoms with Crippen LogP contribution in [0.5, 0.6) is 17.2 Å². The van der Waals surface area contributed by atoms with Gasteiger partial charge in [-0.15, -0.1) is 0 Å². The normalized spacial score (nSPS) is 18.2. The number of halogens is 2. The molecule has 2 fully saturated rings. The van der Waals surface area contributed by atoms with Crippen LogP contribution in [0, 0.1) is 0 Å². The van der Waals surface area contributed by atoms with Crippen molar-refractivity contribution in [2.24, 2.45) is 0 Å². The molecule has 5 aromatic carbocycles. The number of likely N-dealkylation sites (tertiary alicyclic amines) is 2. The van der Waals surface area contributed by atoms with Crippen molar-refractivity contribution < 1.29 is 48.3 Å². The van der Waals surface area contributed by atoms with Gasteiger partial charge in [-0.25, -0.2) is 9.59 Å². The minimum atomic E-state index is -1.04. The first-order chi connectivity index (χ1) is 29.4. The van der Waals surface area contributed by atoms with Gasteiger partial charge in [0.1, 0.15) is 35.9 Å². The second-order valence-electron chi connectivity index (χ2n) is 14.4. The molecule has 7 rings (SSSR count). The number of methoxy groups -OCH3 is 3. The molecule has 61 heavy (non-hydrogen) atoms. The summed E-state index contributed by atoms with van der Waals surface area (Å²) in [5, 5.41) is 20.5. The molecule has 0 radical (unpaired) electrons. The molecule has 0 bridgehead atoms. The maximum absolute atomic E-state index is 13.6. The SMILES string of the molecule is COCCOc1cc(OC)cc(C(=O)N2[C@@H](c3ccccc3Cl)CC[C@H]2C(=O)O)c1.COc1cccc(-c2cccc(C(=O)N3[C@@H](c4ccccc4Cl)CC[C@H]3C(=O)O)c2)c1. The van der Waals surface area contributed by atoms with E-state index in [0.29, 0.717) is 66.0 Å². The summed E-state index contributed by atoms with van der Waals surface area (Å²) in [4.78, 5) is 53.7. The van der Waals surface area contributed by atoms with Gasteiger partial charge in [0.05, 0.1) is 32.9 Å². The van der Waals surface area contributed by atoms with Crippen LogP contribution in [-0.4, -0.2) is 90.4 Å². The van der Waals surface area contributed by atoms with Crippen molar-refractivity contribution in [1.82, 2.24) is 9.80 Å². The Hall–Kier alpha value is -6.08. The molecule has 5 aromatic rings. The number of carboxylic acid groups (broad SMARTS) is 2. The fourth-order valence-electron chi connectivity index (χ4n) is 7.85. The standard InChI is InChI=1S/C25H22ClNO4.C22H24ClNO6/c1-31-19-9-5-7-17(15-19)16-6-4-8-18(14-16)24(28)27-22(12-13-23(27)25(29)30)20-10-2-3-11-21(20)26;1-28-9-10-30-16-12-14(11-15(13-16)29-2)21(25)24-19(7-8-20(24)22(26)27)17-5-3-4-6-18(17)23/h2-11,14-15,22-23H,12-13H2,1H3,(H,29,30);3-6,11-13,19-20H,7-10H2,1-2H3,(H,26,27)/t22-,23+;19-,20+/m11/s1. The number of carboxylic acids is 2. The highest BCUT2D eigenvalue weighted by atomic mass is 35.5. The summed E-state index contributed by atoms with van der Waals surface area (Å²) in [5.74, 6) is -1.19. The van der Waals surface area contributed by atoms with Crippen molar-refractivity contribution in [1.29, 1.82) is 0 Å². The summed E-state index contributed by atoms with van der Waals surface area (Å²) in [6.07, 6.45) is 1.78. The van der Waals surface area contributed by atoms with E-state index >= 15 is 0 Å². The lowest BCUT2D eigenvalue weighted by Crippen LogP contribution is -2.41. The zero-order valence-corrected chi connectivity index (χ0v) is 35.3. The number of aliphatic carboxylic acids is 2. The van der Waals surface area contributed by atoms with E-state index in [1.54, 1.807) is 68.8 Å². The average molecular weight is 870 g/mol. The van der Waals surface area contributed by atoms with Gasteiger partial charge in [-0.05, 0) is 96.5 Å². The number of benzene rings is 5. The number of amides is 2. The van der Waals surface area contributed by atoms with Gasteiger partial charge in [-0.3, -0.25) is 9.59 Å². The molecule has 2 aliphatic heterocycles. The smallest absolute Gasteiger partial charge is 0.326 e. The van der Waals surface area contributed by atoms with Crippen molar-refractivity contribution in [3.63, 3.8) is 0 Å². The topological polar surface area (TPSA) is 152 Å². The highest BCUT2D eigenvalue weighted by Crippen LogP contribution is 2.42. The second-order valence-corrected chi connectivity index (χ2v) is 15.2. The Labute approximate surface area is 364 Å². The summed E-state index contributed by atoms with van der Waals surface area (Å²) >= 11 is 12.7. The summed E-state index contributed by atoms with van der Waals surface area (Å²) in [6, 6.07) is 31.4. The molecular formula is C47H46Cl2N2O10. The van der Waals surface area contributed by atoms with E-state index in [4.69, 9.17) is 42.1 Å². The van der Waals surface area contributed by atoms with E-state index in [0.717, 1.165) is 28.0 Å². The van der Waals surface area contributed by atoms with Gasteiger partial charge in [-0.1, -0.05) is 83.9 Å². The minimum Gasteiger partial charge on any atom is -0.497 e. The van der Waals surface area contributed by atoms with Crippen LogP contribution in [0.25, 0.3) is 11.1 Å². The molecule has 2 heterocycles. The van der Waals surface area contributed by atoms with Crippen molar-refractivity contribution in [3.05, 3.63) is 148 Å². The van der Waals surface area contributed by atoms with Gasteiger partial charge in [-0.2, -0.15) is 0 Å². The Balaban J connectivity index is 0.000000204. The van der Waals surface area contributed by atoms with Crippen LogP contribution in [0.3, 0.4) is 0 Å². The van der Waals surface area contributed by atoms with E-state index < -0.39 is 36.0 Å². The van der Waals surface area contributed by atoms with E-state index in [9.17, 15) is 29.4 Å². The number of carbonyl (C=O) groups excluding carboxylic acids is 2. The van der Waals surface area contributed by atoms with Gasteiger partial charge in [0.15, 0.2) is 0 Å². The highest BCUT2D eigenvalue weighted by Gasteiger charge is 2.44. The number of rotatable bonds is 13. The molecule has 0 saturated carbocycles. The number of hydrogen-bond donors (Lipinski definition) is 2. The molecule has 2 aliphatic rings. The number of nitrogens with zero attached hydrogens (tertiary/aromatic N) is 2. The zero-order valence-electron chi connectivity index (χ0n) is 33.8. The van der Waals surface area contributed by atoms with Crippen LogP contribution in [0.1, 0.15) is 69.6 Å². The molecule has 2 N–H and O–H groups in total. The molecule has 12 nitrogen and oxygen atoms in total. The quantitative estimate of drug-likeness (QED) is 0.110. The van der Waals surface area contributed by atoms with Crippen LogP contribution >= 0.6 is 23.2 Å². The molecule has 0 spiro atoms. The molecule has 0 aromatic heterocycles. The van der Waals surface area contributed by atoms with E-state index in [-0.39, 0.29) is 17.5 Å². The largest absolute Gasteiger partial charge is 0.497 e. The van der Waals surface area contributed by atoms with Crippen LogP contribution in [0.15, 0.2) is 115 Å². The average Bonchev–Trinajstić information content (AvgIpc) is 3.93. The number of ether oxygens (including phenoxy) is 4. The van der Waals surface area contributed by atoms with Crippen molar-refractivity contribution in [2.75, 3.05) is 34.5 Å². The predicted molar refractivity (Wildman–Crippen MR) is 231 cm³/mol. The summed E-state index contributed by atoms with van der Waals surface area (Å²) in [5.41, 5.74) is 3.98. The maximum atomic E-state index is 13.6. The summed E-state index contributed by atoms with van der Waals surface area (Å²) in [7, 11) is 4.66. The minimum absolute atomic E-state index is 0.284. The first kappa shape index (κ1) is 44.5. The third-order valence-corrected chi connectivity index (χ3v) is 11.5. The lowest BCUT2D eigenvalue weighted by atomic mass is 10.0. The fourth-order valence-corrected chi connectivity index (χ4v) is 8.37. The molecule has 4 atom stereocenters. The lowest BCUT2D eigenvalue weighted by molar-refractivity contribution is -0.142. The number of hydrogen-bond acceptors (Lipinski definition) is 8. The zero-order chi connectivity index (χ0) is 43.6. The van der Waals surface area contributed by atoms with Crippen LogP contribution in [-0.2, 0) is 14.3 Å². The number of carbonyl (C=O) groups is 4. The van der Waals surface area contributed by atoms with Crippen molar-refractivity contribution >= 4 is 47.0 Å². The third-order valence-electron chi connectivity index (χ3n) is 10.8. The summed E-state index contributed by atoms with van der Waals surface area (Å²) in [6.45, 7) is 0.698. The lowest BCUT2D eigenvalue weighted by Gasteiger charge is -2.29. The van der Waals surface area contributed by atoms with Gasteiger partial charge >= 0.3 is 11.9 Å². The van der Waals surface area contributed by atoms with E-state index in [1.807, 2.05) is 60.7 Å². The Morgan fingerprint density at radius 2 is 1.07 bits per heavy atom. The molecule has 2 saturated heterocycles.